The molecular formula is C6H14N2O4S. The van der Waals surface area contributed by atoms with Crippen LogP contribution >= 0.6 is 0 Å². The Kier molecular flexibility index (Phi) is 4.71. The Labute approximate surface area is 77.8 Å². The van der Waals surface area contributed by atoms with Gasteiger partial charge in [0.2, 0.25) is 0 Å². The quantitative estimate of drug-likeness (QED) is 0.682. The van der Waals surface area contributed by atoms with Gasteiger partial charge in [-0.2, -0.15) is 13.1 Å². The topological polar surface area (TPSA) is 84.5 Å². The lowest BCUT2D eigenvalue weighted by Crippen LogP contribution is -2.41. The molecule has 0 aromatic heterocycles. The molecule has 0 aliphatic rings. The molecular weight excluding hydrogens is 196 g/mol. The van der Waals surface area contributed by atoms with Crippen LogP contribution in [0.5, 0.6) is 0 Å². The van der Waals surface area contributed by atoms with Crippen molar-refractivity contribution in [2.45, 2.75) is 26.9 Å². The summed E-state index contributed by atoms with van der Waals surface area (Å²) in [5.41, 5.74) is 0. The molecule has 2 N–H and O–H groups in total. The molecule has 0 aliphatic carbocycles. The van der Waals surface area contributed by atoms with Crippen molar-refractivity contribution in [3.63, 3.8) is 0 Å². The van der Waals surface area contributed by atoms with E-state index in [0.717, 1.165) is 0 Å². The van der Waals surface area contributed by atoms with E-state index in [4.69, 9.17) is 0 Å². The van der Waals surface area contributed by atoms with Gasteiger partial charge in [0.05, 0.1) is 6.10 Å². The Bertz CT molecular complexity index is 260. The van der Waals surface area contributed by atoms with Crippen molar-refractivity contribution in [1.82, 2.24) is 9.44 Å². The van der Waals surface area contributed by atoms with E-state index in [0.29, 0.717) is 0 Å². The molecule has 0 radical (unpaired) electrons. The van der Waals surface area contributed by atoms with Gasteiger partial charge in [-0.15, -0.1) is 0 Å². The van der Waals surface area contributed by atoms with Gasteiger partial charge in [0.15, 0.2) is 0 Å². The number of hydrogen-bond donors (Lipinski definition) is 2. The van der Waals surface area contributed by atoms with Gasteiger partial charge in [0.25, 0.3) is 0 Å². The number of carbonyl (C=O) groups is 1. The number of carbonyl (C=O) groups excluding carboxylic acids is 1. The molecule has 0 bridgehead atoms. The molecule has 13 heavy (non-hydrogen) atoms. The lowest BCUT2D eigenvalue weighted by Gasteiger charge is -2.09. The van der Waals surface area contributed by atoms with E-state index in [9.17, 15) is 13.2 Å². The van der Waals surface area contributed by atoms with Crippen molar-refractivity contribution in [3.8, 4) is 0 Å². The molecule has 0 fully saturated rings. The van der Waals surface area contributed by atoms with E-state index in [-0.39, 0.29) is 12.6 Å². The second-order valence-electron chi connectivity index (χ2n) is 2.56. The first kappa shape index (κ1) is 12.2. The van der Waals surface area contributed by atoms with Gasteiger partial charge in [-0.1, -0.05) is 6.92 Å². The summed E-state index contributed by atoms with van der Waals surface area (Å²) in [4.78, 5) is 10.8. The zero-order chi connectivity index (χ0) is 10.5. The zero-order valence-electron chi connectivity index (χ0n) is 7.83. The van der Waals surface area contributed by atoms with Crippen LogP contribution in [0.2, 0.25) is 0 Å². The normalized spacial score (nSPS) is 11.4. The first-order valence-electron chi connectivity index (χ1n) is 3.85. The van der Waals surface area contributed by atoms with Crippen LogP contribution in [0.25, 0.3) is 0 Å². The van der Waals surface area contributed by atoms with Crippen LogP contribution in [-0.4, -0.2) is 27.2 Å². The van der Waals surface area contributed by atoms with Crippen LogP contribution in [0, 0.1) is 0 Å². The first-order chi connectivity index (χ1) is 5.87. The van der Waals surface area contributed by atoms with E-state index >= 15 is 0 Å². The van der Waals surface area contributed by atoms with Crippen molar-refractivity contribution in [2.75, 3.05) is 6.54 Å². The van der Waals surface area contributed by atoms with E-state index in [1.807, 2.05) is 0 Å². The summed E-state index contributed by atoms with van der Waals surface area (Å²) in [6.07, 6.45) is -1.33. The highest BCUT2D eigenvalue weighted by Crippen LogP contribution is 1.89. The third-order valence-electron chi connectivity index (χ3n) is 0.895. The van der Waals surface area contributed by atoms with Crippen LogP contribution in [0.3, 0.4) is 0 Å². The maximum atomic E-state index is 10.9. The second-order valence-corrected chi connectivity index (χ2v) is 4.06. The van der Waals surface area contributed by atoms with Gasteiger partial charge in [-0.3, -0.25) is 0 Å². The summed E-state index contributed by atoms with van der Waals surface area (Å²) in [7, 11) is -3.75. The molecule has 0 saturated heterocycles. The fourth-order valence-electron chi connectivity index (χ4n) is 0.574. The smallest absolute Gasteiger partial charge is 0.422 e. The number of hydrogen-bond acceptors (Lipinski definition) is 4. The molecule has 6 nitrogen and oxygen atoms in total. The second kappa shape index (κ2) is 5.03. The molecule has 0 atom stereocenters. The summed E-state index contributed by atoms with van der Waals surface area (Å²) in [5.74, 6) is 0. The number of ether oxygens (including phenoxy) is 1. The SMILES string of the molecule is CCNS(=O)(=O)NC(=O)OC(C)C. The van der Waals surface area contributed by atoms with Gasteiger partial charge in [0.1, 0.15) is 0 Å². The van der Waals surface area contributed by atoms with E-state index in [1.54, 1.807) is 25.5 Å². The molecule has 0 rings (SSSR count). The Morgan fingerprint density at radius 1 is 1.46 bits per heavy atom. The fraction of sp³-hybridized carbons (Fsp3) is 0.833. The molecule has 0 heterocycles. The maximum absolute atomic E-state index is 10.9. The van der Waals surface area contributed by atoms with Crippen molar-refractivity contribution in [3.05, 3.63) is 0 Å². The Hall–Kier alpha value is -0.820. The molecule has 0 unspecified atom stereocenters. The van der Waals surface area contributed by atoms with Crippen molar-refractivity contribution in [1.29, 1.82) is 0 Å². The summed E-state index contributed by atoms with van der Waals surface area (Å²) >= 11 is 0. The molecule has 1 amide bonds. The number of amides is 1. The zero-order valence-corrected chi connectivity index (χ0v) is 8.64. The summed E-state index contributed by atoms with van der Waals surface area (Å²) in [6.45, 7) is 5.07. The average molecular weight is 210 g/mol. The largest absolute Gasteiger partial charge is 0.446 e. The fourth-order valence-corrected chi connectivity index (χ4v) is 1.29. The van der Waals surface area contributed by atoms with Gasteiger partial charge in [-0.25, -0.2) is 9.52 Å². The lowest BCUT2D eigenvalue weighted by atomic mass is 10.5. The standard InChI is InChI=1S/C6H14N2O4S/c1-4-7-13(10,11)8-6(9)12-5(2)3/h5,7H,4H2,1-3H3,(H,8,9). The van der Waals surface area contributed by atoms with E-state index in [2.05, 4.69) is 9.46 Å². The molecule has 0 aromatic rings. The van der Waals surface area contributed by atoms with Crippen LogP contribution in [0.15, 0.2) is 0 Å². The lowest BCUT2D eigenvalue weighted by molar-refractivity contribution is 0.121. The minimum atomic E-state index is -3.75. The van der Waals surface area contributed by atoms with Gasteiger partial charge >= 0.3 is 16.3 Å². The van der Waals surface area contributed by atoms with E-state index in [1.165, 1.54) is 0 Å². The third-order valence-corrected chi connectivity index (χ3v) is 2.00. The van der Waals surface area contributed by atoms with E-state index < -0.39 is 16.3 Å². The molecule has 0 spiro atoms. The highest BCUT2D eigenvalue weighted by atomic mass is 32.2. The molecule has 0 aliphatic heterocycles. The average Bonchev–Trinajstić information content (AvgIpc) is 1.81. The maximum Gasteiger partial charge on any atom is 0.422 e. The highest BCUT2D eigenvalue weighted by molar-refractivity contribution is 7.88. The molecule has 0 aromatic carbocycles. The number of nitrogens with one attached hydrogen (secondary N) is 2. The summed E-state index contributed by atoms with van der Waals surface area (Å²) < 4.78 is 30.1. The summed E-state index contributed by atoms with van der Waals surface area (Å²) in [5, 5.41) is 0. The third kappa shape index (κ3) is 6.35. The van der Waals surface area contributed by atoms with Crippen molar-refractivity contribution < 1.29 is 17.9 Å². The minimum Gasteiger partial charge on any atom is -0.446 e. The van der Waals surface area contributed by atoms with Crippen LogP contribution < -0.4 is 9.44 Å². The minimum absolute atomic E-state index is 0.213. The van der Waals surface area contributed by atoms with Crippen molar-refractivity contribution in [2.24, 2.45) is 0 Å². The predicted molar refractivity (Wildman–Crippen MR) is 47.3 cm³/mol. The number of rotatable bonds is 4. The Morgan fingerprint density at radius 3 is 2.38 bits per heavy atom. The molecule has 0 saturated carbocycles. The van der Waals surface area contributed by atoms with Crippen LogP contribution in [0.1, 0.15) is 20.8 Å². The highest BCUT2D eigenvalue weighted by Gasteiger charge is 2.14. The van der Waals surface area contributed by atoms with Crippen LogP contribution in [0.4, 0.5) is 4.79 Å². The van der Waals surface area contributed by atoms with Crippen molar-refractivity contribution >= 4 is 16.3 Å². The van der Waals surface area contributed by atoms with Gasteiger partial charge in [-0.05, 0) is 13.8 Å². The first-order valence-corrected chi connectivity index (χ1v) is 5.33. The van der Waals surface area contributed by atoms with Gasteiger partial charge in [0, 0.05) is 6.54 Å². The molecule has 78 valence electrons. The van der Waals surface area contributed by atoms with Gasteiger partial charge < -0.3 is 4.74 Å². The monoisotopic (exact) mass is 210 g/mol. The predicted octanol–water partition coefficient (Wildman–Crippen LogP) is -0.0247. The Balaban J connectivity index is 4.05. The van der Waals surface area contributed by atoms with Crippen LogP contribution in [-0.2, 0) is 14.9 Å². The summed E-state index contributed by atoms with van der Waals surface area (Å²) in [6, 6.07) is 0. The Morgan fingerprint density at radius 2 is 2.00 bits per heavy atom. The molecule has 7 heteroatoms.